The van der Waals surface area contributed by atoms with Gasteiger partial charge in [-0.15, -0.1) is 11.8 Å². The second kappa shape index (κ2) is 8.41. The Balaban J connectivity index is 1.87. The molecule has 124 valence electrons. The lowest BCUT2D eigenvalue weighted by molar-refractivity contribution is -0.120. The van der Waals surface area contributed by atoms with E-state index in [0.29, 0.717) is 29.1 Å². The molecule has 0 saturated heterocycles. The third kappa shape index (κ3) is 5.59. The summed E-state index contributed by atoms with van der Waals surface area (Å²) in [5.41, 5.74) is 1.71. The van der Waals surface area contributed by atoms with E-state index in [2.05, 4.69) is 24.1 Å². The second-order valence-corrected chi connectivity index (χ2v) is 7.51. The van der Waals surface area contributed by atoms with E-state index in [-0.39, 0.29) is 11.2 Å². The van der Waals surface area contributed by atoms with Gasteiger partial charge < -0.3 is 9.73 Å². The van der Waals surface area contributed by atoms with Crippen molar-refractivity contribution in [3.05, 3.63) is 41.2 Å². The number of oxazole rings is 1. The highest BCUT2D eigenvalue weighted by molar-refractivity contribution is 7.99. The number of nitrogens with zero attached hydrogens (tertiary/aromatic N) is 1. The quantitative estimate of drug-likeness (QED) is 0.803. The van der Waals surface area contributed by atoms with Gasteiger partial charge in [0.15, 0.2) is 0 Å². The molecule has 2 aromatic rings. The lowest BCUT2D eigenvalue weighted by atomic mass is 10.2. The molecule has 0 spiro atoms. The Hall–Kier alpha value is -1.46. The molecule has 0 aliphatic rings. The van der Waals surface area contributed by atoms with Crippen LogP contribution in [0.25, 0.3) is 11.5 Å². The molecule has 0 aliphatic carbocycles. The van der Waals surface area contributed by atoms with Gasteiger partial charge in [-0.1, -0.05) is 25.4 Å². The summed E-state index contributed by atoms with van der Waals surface area (Å²) in [6.45, 7) is 6.76. The monoisotopic (exact) mass is 352 g/mol. The number of aromatic nitrogens is 1. The first-order valence-corrected chi connectivity index (χ1v) is 8.98. The van der Waals surface area contributed by atoms with E-state index in [1.165, 1.54) is 0 Å². The number of amides is 1. The van der Waals surface area contributed by atoms with Gasteiger partial charge in [0.05, 0.1) is 10.9 Å². The predicted molar refractivity (Wildman–Crippen MR) is 95.6 cm³/mol. The molecule has 6 heteroatoms. The smallest absolute Gasteiger partial charge is 0.232 e. The maximum absolute atomic E-state index is 11.9. The molecule has 1 aromatic heterocycles. The summed E-state index contributed by atoms with van der Waals surface area (Å²) in [5.74, 6) is 1.71. The van der Waals surface area contributed by atoms with Crippen LogP contribution in [-0.2, 0) is 10.5 Å². The SMILES string of the molecule is CC(C)CNC(=O)[C@@H](C)SCc1coc(-c2ccc(Cl)cc2)n1. The van der Waals surface area contributed by atoms with E-state index in [4.69, 9.17) is 16.0 Å². The van der Waals surface area contributed by atoms with Crippen LogP contribution < -0.4 is 5.32 Å². The largest absolute Gasteiger partial charge is 0.444 e. The molecule has 1 aromatic carbocycles. The molecule has 4 nitrogen and oxygen atoms in total. The van der Waals surface area contributed by atoms with Crippen LogP contribution in [0.15, 0.2) is 34.9 Å². The summed E-state index contributed by atoms with van der Waals surface area (Å²) in [6.07, 6.45) is 1.63. The number of halogens is 1. The highest BCUT2D eigenvalue weighted by Crippen LogP contribution is 2.23. The summed E-state index contributed by atoms with van der Waals surface area (Å²) in [5, 5.41) is 3.50. The van der Waals surface area contributed by atoms with Crippen LogP contribution in [-0.4, -0.2) is 22.7 Å². The number of hydrogen-bond donors (Lipinski definition) is 1. The number of carbonyl (C=O) groups is 1. The van der Waals surface area contributed by atoms with Crippen LogP contribution in [0, 0.1) is 5.92 Å². The van der Waals surface area contributed by atoms with Crippen molar-refractivity contribution >= 4 is 29.3 Å². The van der Waals surface area contributed by atoms with Crippen molar-refractivity contribution in [3.8, 4) is 11.5 Å². The maximum atomic E-state index is 11.9. The molecule has 0 bridgehead atoms. The average molecular weight is 353 g/mol. The summed E-state index contributed by atoms with van der Waals surface area (Å²) in [6, 6.07) is 7.34. The van der Waals surface area contributed by atoms with E-state index in [9.17, 15) is 4.79 Å². The van der Waals surface area contributed by atoms with Gasteiger partial charge in [0, 0.05) is 22.9 Å². The van der Waals surface area contributed by atoms with Crippen LogP contribution >= 0.6 is 23.4 Å². The highest BCUT2D eigenvalue weighted by atomic mass is 35.5. The molecule has 0 saturated carbocycles. The number of benzene rings is 1. The maximum Gasteiger partial charge on any atom is 0.232 e. The van der Waals surface area contributed by atoms with Gasteiger partial charge in [0.25, 0.3) is 0 Å². The molecule has 2 rings (SSSR count). The number of thioether (sulfide) groups is 1. The fourth-order valence-corrected chi connectivity index (χ4v) is 2.75. The van der Waals surface area contributed by atoms with E-state index in [1.54, 1.807) is 30.2 Å². The summed E-state index contributed by atoms with van der Waals surface area (Å²) in [4.78, 5) is 16.4. The van der Waals surface area contributed by atoms with Crippen molar-refractivity contribution in [2.75, 3.05) is 6.54 Å². The zero-order chi connectivity index (χ0) is 16.8. The molecule has 1 atom stereocenters. The topological polar surface area (TPSA) is 55.1 Å². The summed E-state index contributed by atoms with van der Waals surface area (Å²) >= 11 is 7.42. The number of rotatable bonds is 7. The predicted octanol–water partition coefficient (Wildman–Crippen LogP) is 4.39. The zero-order valence-electron chi connectivity index (χ0n) is 13.5. The Bertz CT molecular complexity index is 640. The number of hydrogen-bond acceptors (Lipinski definition) is 4. The van der Waals surface area contributed by atoms with Gasteiger partial charge in [-0.3, -0.25) is 4.79 Å². The molecule has 1 N–H and O–H groups in total. The van der Waals surface area contributed by atoms with E-state index >= 15 is 0 Å². The molecule has 0 radical (unpaired) electrons. The summed E-state index contributed by atoms with van der Waals surface area (Å²) < 4.78 is 5.49. The first-order chi connectivity index (χ1) is 11.0. The van der Waals surface area contributed by atoms with Crippen LogP contribution in [0.5, 0.6) is 0 Å². The van der Waals surface area contributed by atoms with Crippen molar-refractivity contribution in [2.45, 2.75) is 31.8 Å². The zero-order valence-corrected chi connectivity index (χ0v) is 15.1. The molecule has 0 fully saturated rings. The number of nitrogens with one attached hydrogen (secondary N) is 1. The van der Waals surface area contributed by atoms with Crippen LogP contribution in [0.3, 0.4) is 0 Å². The fraction of sp³-hybridized carbons (Fsp3) is 0.412. The third-order valence-electron chi connectivity index (χ3n) is 3.18. The minimum atomic E-state index is -0.121. The van der Waals surface area contributed by atoms with E-state index < -0.39 is 0 Å². The molecule has 23 heavy (non-hydrogen) atoms. The van der Waals surface area contributed by atoms with E-state index in [0.717, 1.165) is 11.3 Å². The van der Waals surface area contributed by atoms with Gasteiger partial charge in [-0.25, -0.2) is 4.98 Å². The molecular weight excluding hydrogens is 332 g/mol. The second-order valence-electron chi connectivity index (χ2n) is 5.74. The minimum absolute atomic E-state index is 0.0603. The molecule has 0 aliphatic heterocycles. The standard InChI is InChI=1S/C17H21ClN2O2S/c1-11(2)8-19-16(21)12(3)23-10-15-9-22-17(20-15)13-4-6-14(18)7-5-13/h4-7,9,11-12H,8,10H2,1-3H3,(H,19,21)/t12-/m1/s1. The van der Waals surface area contributed by atoms with Crippen LogP contribution in [0.2, 0.25) is 5.02 Å². The average Bonchev–Trinajstić information content (AvgIpc) is 2.99. The first kappa shape index (κ1) is 17.9. The first-order valence-electron chi connectivity index (χ1n) is 7.55. The Kier molecular flexibility index (Phi) is 6.54. The summed E-state index contributed by atoms with van der Waals surface area (Å²) in [7, 11) is 0. The fourth-order valence-electron chi connectivity index (χ4n) is 1.83. The normalized spacial score (nSPS) is 12.4. The Labute approximate surface area is 146 Å². The van der Waals surface area contributed by atoms with Crippen LogP contribution in [0.4, 0.5) is 0 Å². The molecule has 1 heterocycles. The van der Waals surface area contributed by atoms with Crippen LogP contribution in [0.1, 0.15) is 26.5 Å². The van der Waals surface area contributed by atoms with Crippen molar-refractivity contribution < 1.29 is 9.21 Å². The highest BCUT2D eigenvalue weighted by Gasteiger charge is 2.15. The lowest BCUT2D eigenvalue weighted by Gasteiger charge is -2.12. The van der Waals surface area contributed by atoms with Crippen molar-refractivity contribution in [3.63, 3.8) is 0 Å². The third-order valence-corrected chi connectivity index (χ3v) is 4.61. The van der Waals surface area contributed by atoms with Crippen molar-refractivity contribution in [1.29, 1.82) is 0 Å². The van der Waals surface area contributed by atoms with Gasteiger partial charge in [0.1, 0.15) is 6.26 Å². The van der Waals surface area contributed by atoms with E-state index in [1.807, 2.05) is 19.1 Å². The minimum Gasteiger partial charge on any atom is -0.444 e. The lowest BCUT2D eigenvalue weighted by Crippen LogP contribution is -2.33. The van der Waals surface area contributed by atoms with Crippen molar-refractivity contribution in [2.24, 2.45) is 5.92 Å². The van der Waals surface area contributed by atoms with Crippen molar-refractivity contribution in [1.82, 2.24) is 10.3 Å². The molecule has 1 amide bonds. The number of carbonyl (C=O) groups excluding carboxylic acids is 1. The van der Waals surface area contributed by atoms with Gasteiger partial charge in [0.2, 0.25) is 11.8 Å². The van der Waals surface area contributed by atoms with Gasteiger partial charge >= 0.3 is 0 Å². The Morgan fingerprint density at radius 3 is 2.65 bits per heavy atom. The molecular formula is C17H21ClN2O2S. The van der Waals surface area contributed by atoms with Gasteiger partial charge in [-0.2, -0.15) is 0 Å². The Morgan fingerprint density at radius 1 is 1.30 bits per heavy atom. The Morgan fingerprint density at radius 2 is 2.00 bits per heavy atom. The molecule has 0 unspecified atom stereocenters. The van der Waals surface area contributed by atoms with Gasteiger partial charge in [-0.05, 0) is 37.1 Å².